The molecule has 0 unspecified atom stereocenters. The van der Waals surface area contributed by atoms with Crippen molar-refractivity contribution in [3.63, 3.8) is 0 Å². The van der Waals surface area contributed by atoms with Crippen LogP contribution in [0.25, 0.3) is 0 Å². The van der Waals surface area contributed by atoms with Crippen molar-refractivity contribution < 1.29 is 14.6 Å². The van der Waals surface area contributed by atoms with Crippen LogP contribution in [0.15, 0.2) is 0 Å². The molecule has 0 atom stereocenters. The van der Waals surface area contributed by atoms with E-state index in [1.807, 2.05) is 4.90 Å². The summed E-state index contributed by atoms with van der Waals surface area (Å²) in [4.78, 5) is 18.4. The number of hydrogen-bond donors (Lipinski definition) is 1. The Morgan fingerprint density at radius 1 is 1.65 bits per heavy atom. The number of nitrogens with zero attached hydrogens (tertiary/aromatic N) is 2. The van der Waals surface area contributed by atoms with Gasteiger partial charge in [-0.15, -0.1) is 11.3 Å². The van der Waals surface area contributed by atoms with Gasteiger partial charge >= 0.3 is 5.97 Å². The highest BCUT2D eigenvalue weighted by molar-refractivity contribution is 7.11. The second-order valence-electron chi connectivity index (χ2n) is 4.07. The van der Waals surface area contributed by atoms with Crippen LogP contribution in [0.4, 0.5) is 0 Å². The summed E-state index contributed by atoms with van der Waals surface area (Å²) in [5, 5.41) is 9.86. The predicted octanol–water partition coefficient (Wildman–Crippen LogP) is 0.775. The Bertz CT molecular complexity index is 405. The molecule has 1 aromatic rings. The van der Waals surface area contributed by atoms with Gasteiger partial charge in [0.05, 0.1) is 23.9 Å². The van der Waals surface area contributed by atoms with Crippen LogP contribution in [0.3, 0.4) is 0 Å². The zero-order chi connectivity index (χ0) is 12.3. The van der Waals surface area contributed by atoms with Gasteiger partial charge in [-0.2, -0.15) is 0 Å². The predicted molar refractivity (Wildman–Crippen MR) is 64.3 cm³/mol. The number of ether oxygens (including phenoxy) is 1. The van der Waals surface area contributed by atoms with Crippen molar-refractivity contribution in [1.82, 2.24) is 9.88 Å². The first-order valence-electron chi connectivity index (χ1n) is 5.59. The average Bonchev–Trinajstić information content (AvgIpc) is 2.67. The molecule has 0 saturated heterocycles. The third-order valence-electron chi connectivity index (χ3n) is 2.73. The van der Waals surface area contributed by atoms with E-state index in [-0.39, 0.29) is 6.54 Å². The third kappa shape index (κ3) is 3.24. The number of fused-ring (bicyclic) bond motifs is 1. The van der Waals surface area contributed by atoms with Crippen molar-refractivity contribution in [2.75, 3.05) is 26.8 Å². The lowest BCUT2D eigenvalue weighted by Crippen LogP contribution is -2.34. The summed E-state index contributed by atoms with van der Waals surface area (Å²) < 4.78 is 5.03. The molecule has 0 aliphatic carbocycles. The molecule has 0 radical (unpaired) electrons. The van der Waals surface area contributed by atoms with Crippen LogP contribution < -0.4 is 0 Å². The summed E-state index contributed by atoms with van der Waals surface area (Å²) in [6.07, 6.45) is 1.69. The summed E-state index contributed by atoms with van der Waals surface area (Å²) in [6.45, 7) is 2.30. The second kappa shape index (κ2) is 5.57. The molecule has 5 nitrogen and oxygen atoms in total. The number of aromatic nitrogens is 1. The first-order chi connectivity index (χ1) is 8.19. The Balaban J connectivity index is 1.99. The SMILES string of the molecule is COCCc1nc2c(s1)CN(CC(=O)O)CC2. The van der Waals surface area contributed by atoms with Gasteiger partial charge in [0.15, 0.2) is 0 Å². The Kier molecular flexibility index (Phi) is 4.09. The van der Waals surface area contributed by atoms with E-state index in [4.69, 9.17) is 9.84 Å². The van der Waals surface area contributed by atoms with Gasteiger partial charge in [-0.05, 0) is 0 Å². The van der Waals surface area contributed by atoms with Gasteiger partial charge in [-0.1, -0.05) is 0 Å². The minimum Gasteiger partial charge on any atom is -0.480 e. The topological polar surface area (TPSA) is 62.7 Å². The molecule has 0 saturated carbocycles. The molecule has 94 valence electrons. The lowest BCUT2D eigenvalue weighted by Gasteiger charge is -2.23. The molecule has 1 aromatic heterocycles. The molecular formula is C11H16N2O3S. The van der Waals surface area contributed by atoms with Crippen LogP contribution in [0.1, 0.15) is 15.6 Å². The number of rotatable bonds is 5. The number of methoxy groups -OCH3 is 1. The zero-order valence-corrected chi connectivity index (χ0v) is 10.6. The average molecular weight is 256 g/mol. The molecule has 1 N–H and O–H groups in total. The Morgan fingerprint density at radius 3 is 3.18 bits per heavy atom. The van der Waals surface area contributed by atoms with Crippen molar-refractivity contribution in [1.29, 1.82) is 0 Å². The van der Waals surface area contributed by atoms with E-state index in [9.17, 15) is 4.79 Å². The standard InChI is InChI=1S/C11H16N2O3S/c1-16-5-3-10-12-8-2-4-13(7-11(14)15)6-9(8)17-10/h2-7H2,1H3,(H,14,15). The van der Waals surface area contributed by atoms with Crippen molar-refractivity contribution in [2.45, 2.75) is 19.4 Å². The normalized spacial score (nSPS) is 15.8. The van der Waals surface area contributed by atoms with Crippen LogP contribution in [-0.2, 0) is 28.9 Å². The fourth-order valence-electron chi connectivity index (χ4n) is 1.92. The van der Waals surface area contributed by atoms with E-state index in [0.29, 0.717) is 13.2 Å². The minimum absolute atomic E-state index is 0.116. The second-order valence-corrected chi connectivity index (χ2v) is 5.24. The Hall–Kier alpha value is -0.980. The zero-order valence-electron chi connectivity index (χ0n) is 9.81. The van der Waals surface area contributed by atoms with E-state index in [0.717, 1.165) is 30.1 Å². The van der Waals surface area contributed by atoms with Crippen LogP contribution in [0, 0.1) is 0 Å². The van der Waals surface area contributed by atoms with Gasteiger partial charge in [0.25, 0.3) is 0 Å². The third-order valence-corrected chi connectivity index (χ3v) is 3.88. The summed E-state index contributed by atoms with van der Waals surface area (Å²) >= 11 is 1.68. The van der Waals surface area contributed by atoms with E-state index in [2.05, 4.69) is 4.98 Å². The number of aliphatic carboxylic acids is 1. The van der Waals surface area contributed by atoms with Gasteiger partial charge in [0, 0.05) is 37.9 Å². The summed E-state index contributed by atoms with van der Waals surface area (Å²) in [5.74, 6) is -0.766. The molecule has 1 aliphatic rings. The van der Waals surface area contributed by atoms with E-state index < -0.39 is 5.97 Å². The Morgan fingerprint density at radius 2 is 2.47 bits per heavy atom. The number of carboxylic acids is 1. The first kappa shape index (κ1) is 12.5. The lowest BCUT2D eigenvalue weighted by molar-refractivity contribution is -0.138. The minimum atomic E-state index is -0.766. The Labute approximate surface area is 104 Å². The van der Waals surface area contributed by atoms with Crippen LogP contribution in [0.5, 0.6) is 0 Å². The maximum atomic E-state index is 10.7. The quantitative estimate of drug-likeness (QED) is 0.843. The van der Waals surface area contributed by atoms with Gasteiger partial charge in [-0.25, -0.2) is 4.98 Å². The van der Waals surface area contributed by atoms with Crippen molar-refractivity contribution in [2.24, 2.45) is 0 Å². The fourth-order valence-corrected chi connectivity index (χ4v) is 3.06. The number of thiazole rings is 1. The fraction of sp³-hybridized carbons (Fsp3) is 0.636. The van der Waals surface area contributed by atoms with Gasteiger partial charge in [0.2, 0.25) is 0 Å². The molecule has 17 heavy (non-hydrogen) atoms. The first-order valence-corrected chi connectivity index (χ1v) is 6.41. The number of hydrogen-bond acceptors (Lipinski definition) is 5. The highest BCUT2D eigenvalue weighted by Gasteiger charge is 2.21. The molecule has 0 fully saturated rings. The molecular weight excluding hydrogens is 240 g/mol. The molecule has 6 heteroatoms. The largest absolute Gasteiger partial charge is 0.480 e. The molecule has 0 amide bonds. The van der Waals surface area contributed by atoms with Crippen LogP contribution >= 0.6 is 11.3 Å². The van der Waals surface area contributed by atoms with Gasteiger partial charge in [0.1, 0.15) is 0 Å². The van der Waals surface area contributed by atoms with Crippen molar-refractivity contribution in [3.8, 4) is 0 Å². The maximum Gasteiger partial charge on any atom is 0.317 e. The number of carboxylic acid groups (broad SMARTS) is 1. The smallest absolute Gasteiger partial charge is 0.317 e. The highest BCUT2D eigenvalue weighted by atomic mass is 32.1. The molecule has 0 spiro atoms. The molecule has 0 aromatic carbocycles. The van der Waals surface area contributed by atoms with Crippen LogP contribution in [0.2, 0.25) is 0 Å². The monoisotopic (exact) mass is 256 g/mol. The molecule has 0 bridgehead atoms. The molecule has 2 rings (SSSR count). The lowest BCUT2D eigenvalue weighted by atomic mass is 10.2. The molecule has 2 heterocycles. The van der Waals surface area contributed by atoms with Crippen LogP contribution in [-0.4, -0.2) is 47.8 Å². The van der Waals surface area contributed by atoms with E-state index in [1.165, 1.54) is 4.88 Å². The van der Waals surface area contributed by atoms with Gasteiger partial charge < -0.3 is 9.84 Å². The number of carbonyl (C=O) groups is 1. The summed E-state index contributed by atoms with van der Waals surface area (Å²) in [5.41, 5.74) is 1.14. The summed E-state index contributed by atoms with van der Waals surface area (Å²) in [6, 6.07) is 0. The summed E-state index contributed by atoms with van der Waals surface area (Å²) in [7, 11) is 1.68. The maximum absolute atomic E-state index is 10.7. The van der Waals surface area contributed by atoms with Crippen molar-refractivity contribution in [3.05, 3.63) is 15.6 Å². The van der Waals surface area contributed by atoms with E-state index in [1.54, 1.807) is 18.4 Å². The van der Waals surface area contributed by atoms with Crippen molar-refractivity contribution >= 4 is 17.3 Å². The molecule has 1 aliphatic heterocycles. The van der Waals surface area contributed by atoms with E-state index >= 15 is 0 Å². The highest BCUT2D eigenvalue weighted by Crippen LogP contribution is 2.25. The van der Waals surface area contributed by atoms with Gasteiger partial charge in [-0.3, -0.25) is 9.69 Å².